The highest BCUT2D eigenvalue weighted by atomic mass is 28.3. The van der Waals surface area contributed by atoms with Crippen LogP contribution in [0.25, 0.3) is 0 Å². The van der Waals surface area contributed by atoms with E-state index >= 15 is 0 Å². The van der Waals surface area contributed by atoms with Crippen LogP contribution in [0.5, 0.6) is 0 Å². The van der Waals surface area contributed by atoms with Crippen LogP contribution in [0.2, 0.25) is 19.6 Å². The highest BCUT2D eigenvalue weighted by Gasteiger charge is 2.42. The van der Waals surface area contributed by atoms with E-state index in [1.165, 1.54) is 4.57 Å². The molecule has 74 valence electrons. The third-order valence-electron chi connectivity index (χ3n) is 2.09. The van der Waals surface area contributed by atoms with Crippen molar-refractivity contribution in [2.45, 2.75) is 26.6 Å². The number of hydrogen-bond acceptors (Lipinski definition) is 2. The second-order valence-electron chi connectivity index (χ2n) is 4.20. The molecule has 0 aliphatic carbocycles. The molecule has 4 nitrogen and oxygen atoms in total. The van der Waals surface area contributed by atoms with Gasteiger partial charge in [0.15, 0.2) is 8.24 Å². The number of rotatable bonds is 2. The fraction of sp³-hybridized carbons (Fsp3) is 0.750. The molecular weight excluding hydrogens is 184 g/mol. The molecule has 1 rings (SSSR count). The van der Waals surface area contributed by atoms with E-state index in [4.69, 9.17) is 0 Å². The van der Waals surface area contributed by atoms with Gasteiger partial charge in [0.1, 0.15) is 6.54 Å². The molecule has 1 saturated heterocycles. The van der Waals surface area contributed by atoms with Crippen molar-refractivity contribution >= 4 is 20.2 Å². The van der Waals surface area contributed by atoms with Crippen LogP contribution in [-0.4, -0.2) is 42.7 Å². The van der Waals surface area contributed by atoms with Crippen LogP contribution in [0.4, 0.5) is 4.79 Å². The van der Waals surface area contributed by atoms with E-state index in [0.29, 0.717) is 6.54 Å². The van der Waals surface area contributed by atoms with E-state index in [1.54, 1.807) is 4.90 Å². The van der Waals surface area contributed by atoms with Crippen molar-refractivity contribution < 1.29 is 9.59 Å². The molecule has 1 heterocycles. The van der Waals surface area contributed by atoms with Gasteiger partial charge in [-0.2, -0.15) is 0 Å². The molecule has 1 aliphatic rings. The molecule has 0 atom stereocenters. The first kappa shape index (κ1) is 10.2. The second kappa shape index (κ2) is 3.14. The van der Waals surface area contributed by atoms with E-state index in [1.807, 2.05) is 26.6 Å². The van der Waals surface area contributed by atoms with E-state index in [9.17, 15) is 9.59 Å². The van der Waals surface area contributed by atoms with Gasteiger partial charge in [-0.25, -0.2) is 4.79 Å². The Morgan fingerprint density at radius 3 is 2.08 bits per heavy atom. The molecule has 0 N–H and O–H groups in total. The quantitative estimate of drug-likeness (QED) is 0.495. The minimum Gasteiger partial charge on any atom is -0.316 e. The number of carbonyl (C=O) groups excluding carboxylic acids is 2. The zero-order chi connectivity index (χ0) is 10.2. The van der Waals surface area contributed by atoms with Crippen LogP contribution in [0.15, 0.2) is 0 Å². The minimum atomic E-state index is -1.82. The molecular formula is C8H16N2O2Si. The normalized spacial score (nSPS) is 18.8. The van der Waals surface area contributed by atoms with Gasteiger partial charge < -0.3 is 4.90 Å². The lowest BCUT2D eigenvalue weighted by Gasteiger charge is -2.27. The molecule has 0 bridgehead atoms. The second-order valence-corrected chi connectivity index (χ2v) is 8.99. The maximum Gasteiger partial charge on any atom is 0.319 e. The van der Waals surface area contributed by atoms with Gasteiger partial charge in [0.25, 0.3) is 0 Å². The Labute approximate surface area is 79.6 Å². The zero-order valence-corrected chi connectivity index (χ0v) is 9.63. The molecule has 1 aliphatic heterocycles. The summed E-state index contributed by atoms with van der Waals surface area (Å²) in [5.41, 5.74) is 0. The Hall–Kier alpha value is -0.843. The van der Waals surface area contributed by atoms with Gasteiger partial charge in [0.05, 0.1) is 0 Å². The monoisotopic (exact) mass is 200 g/mol. The first-order valence-corrected chi connectivity index (χ1v) is 7.94. The molecule has 3 amide bonds. The summed E-state index contributed by atoms with van der Waals surface area (Å²) in [6.07, 6.45) is 0. The van der Waals surface area contributed by atoms with Crippen LogP contribution in [0.1, 0.15) is 6.92 Å². The third kappa shape index (κ3) is 1.74. The highest BCUT2D eigenvalue weighted by Crippen LogP contribution is 2.18. The summed E-state index contributed by atoms with van der Waals surface area (Å²) in [5, 5.41) is 0. The lowest BCUT2D eigenvalue weighted by molar-refractivity contribution is -0.122. The van der Waals surface area contributed by atoms with Crippen molar-refractivity contribution in [1.82, 2.24) is 9.47 Å². The van der Waals surface area contributed by atoms with Gasteiger partial charge in [0.2, 0.25) is 5.91 Å². The number of imide groups is 1. The molecule has 13 heavy (non-hydrogen) atoms. The van der Waals surface area contributed by atoms with Gasteiger partial charge in [-0.15, -0.1) is 0 Å². The fourth-order valence-corrected chi connectivity index (χ4v) is 2.99. The first-order chi connectivity index (χ1) is 5.88. The summed E-state index contributed by atoms with van der Waals surface area (Å²) in [6, 6.07) is -0.105. The average Bonchev–Trinajstić information content (AvgIpc) is 2.24. The van der Waals surface area contributed by atoms with E-state index < -0.39 is 8.24 Å². The molecule has 0 radical (unpaired) electrons. The average molecular weight is 200 g/mol. The standard InChI is InChI=1S/C8H16N2O2Si/c1-5-9-6-7(11)10(8(9)12)13(2,3)4/h5-6H2,1-4H3. The Kier molecular flexibility index (Phi) is 2.47. The number of hydrogen-bond donors (Lipinski definition) is 0. The van der Waals surface area contributed by atoms with Gasteiger partial charge in [-0.05, 0) is 6.92 Å². The lowest BCUT2D eigenvalue weighted by Crippen LogP contribution is -2.50. The molecule has 0 unspecified atom stereocenters. The van der Waals surface area contributed by atoms with Gasteiger partial charge in [-0.3, -0.25) is 9.36 Å². The summed E-state index contributed by atoms with van der Waals surface area (Å²) in [6.45, 7) is 8.77. The van der Waals surface area contributed by atoms with Crippen LogP contribution in [0.3, 0.4) is 0 Å². The number of carbonyl (C=O) groups is 2. The van der Waals surface area contributed by atoms with Crippen molar-refractivity contribution in [3.05, 3.63) is 0 Å². The van der Waals surface area contributed by atoms with Crippen molar-refractivity contribution in [3.8, 4) is 0 Å². The molecule has 0 spiro atoms. The summed E-state index contributed by atoms with van der Waals surface area (Å²) in [7, 11) is -1.82. The molecule has 0 aromatic carbocycles. The maximum absolute atomic E-state index is 11.7. The summed E-state index contributed by atoms with van der Waals surface area (Å²) in [4.78, 5) is 24.7. The number of urea groups is 1. The predicted octanol–water partition coefficient (Wildman–Crippen LogP) is 1.11. The lowest BCUT2D eigenvalue weighted by atomic mass is 10.6. The molecule has 0 aromatic heterocycles. The summed E-state index contributed by atoms with van der Waals surface area (Å²) < 4.78 is 1.47. The Bertz CT molecular complexity index is 247. The highest BCUT2D eigenvalue weighted by molar-refractivity contribution is 6.78. The van der Waals surface area contributed by atoms with Crippen LogP contribution >= 0.6 is 0 Å². The molecule has 0 saturated carbocycles. The van der Waals surface area contributed by atoms with E-state index in [-0.39, 0.29) is 18.5 Å². The Balaban J connectivity index is 2.89. The number of likely N-dealkylation sites (N-methyl/N-ethyl adjacent to an activating group) is 1. The van der Waals surface area contributed by atoms with Crippen molar-refractivity contribution in [3.63, 3.8) is 0 Å². The molecule has 5 heteroatoms. The fourth-order valence-electron chi connectivity index (χ4n) is 1.46. The van der Waals surface area contributed by atoms with Gasteiger partial charge >= 0.3 is 6.03 Å². The third-order valence-corrected chi connectivity index (χ3v) is 3.87. The topological polar surface area (TPSA) is 40.6 Å². The van der Waals surface area contributed by atoms with Crippen molar-refractivity contribution in [2.75, 3.05) is 13.1 Å². The van der Waals surface area contributed by atoms with Gasteiger partial charge in [-0.1, -0.05) is 19.6 Å². The molecule has 1 fully saturated rings. The summed E-state index contributed by atoms with van der Waals surface area (Å²) in [5.74, 6) is -0.0361. The van der Waals surface area contributed by atoms with Crippen LogP contribution in [-0.2, 0) is 4.79 Å². The van der Waals surface area contributed by atoms with Gasteiger partial charge in [0, 0.05) is 6.54 Å². The van der Waals surface area contributed by atoms with Crippen LogP contribution in [0, 0.1) is 0 Å². The summed E-state index contributed by atoms with van der Waals surface area (Å²) >= 11 is 0. The minimum absolute atomic E-state index is 0.0361. The Morgan fingerprint density at radius 1 is 1.31 bits per heavy atom. The maximum atomic E-state index is 11.7. The van der Waals surface area contributed by atoms with Crippen molar-refractivity contribution in [2.24, 2.45) is 0 Å². The predicted molar refractivity (Wildman–Crippen MR) is 52.8 cm³/mol. The number of amides is 3. The van der Waals surface area contributed by atoms with Crippen LogP contribution < -0.4 is 0 Å². The van der Waals surface area contributed by atoms with E-state index in [2.05, 4.69) is 0 Å². The van der Waals surface area contributed by atoms with E-state index in [0.717, 1.165) is 0 Å². The smallest absolute Gasteiger partial charge is 0.316 e. The Morgan fingerprint density at radius 2 is 1.85 bits per heavy atom. The van der Waals surface area contributed by atoms with Crippen molar-refractivity contribution in [1.29, 1.82) is 0 Å². The molecule has 0 aromatic rings. The first-order valence-electron chi connectivity index (χ1n) is 4.50. The largest absolute Gasteiger partial charge is 0.319 e. The zero-order valence-electron chi connectivity index (χ0n) is 8.63. The SMILES string of the molecule is CCN1CC(=O)N([Si](C)(C)C)C1=O. The number of nitrogens with zero attached hydrogens (tertiary/aromatic N) is 2.